The fourth-order valence-corrected chi connectivity index (χ4v) is 6.50. The van der Waals surface area contributed by atoms with Crippen LogP contribution in [-0.4, -0.2) is 29.2 Å². The van der Waals surface area contributed by atoms with E-state index in [1.165, 1.54) is 41.2 Å². The zero-order valence-electron chi connectivity index (χ0n) is 23.3. The van der Waals surface area contributed by atoms with Crippen LogP contribution in [0.1, 0.15) is 44.1 Å². The number of esters is 1. The summed E-state index contributed by atoms with van der Waals surface area (Å²) < 4.78 is 19.6. The van der Waals surface area contributed by atoms with E-state index in [-0.39, 0.29) is 28.4 Å². The van der Waals surface area contributed by atoms with E-state index >= 15 is 0 Å². The van der Waals surface area contributed by atoms with Crippen LogP contribution in [0.15, 0.2) is 78.5 Å². The molecule has 0 unspecified atom stereocenters. The largest absolute Gasteiger partial charge is 0.496 e. The zero-order chi connectivity index (χ0) is 30.8. The van der Waals surface area contributed by atoms with Gasteiger partial charge in [-0.05, 0) is 49.7 Å². The highest BCUT2D eigenvalue weighted by Gasteiger charge is 2.36. The van der Waals surface area contributed by atoms with Gasteiger partial charge in [-0.25, -0.2) is 9.79 Å². The molecular formula is C30H25BrClN3O7S. The van der Waals surface area contributed by atoms with Gasteiger partial charge in [-0.1, -0.05) is 52.2 Å². The molecule has 43 heavy (non-hydrogen) atoms. The summed E-state index contributed by atoms with van der Waals surface area (Å²) in [5, 5.41) is 11.2. The van der Waals surface area contributed by atoms with Crippen LogP contribution in [0.4, 0.5) is 5.69 Å². The number of nitrogens with zero attached hydrogens (tertiary/aromatic N) is 3. The van der Waals surface area contributed by atoms with Crippen molar-refractivity contribution in [2.24, 2.45) is 4.99 Å². The Morgan fingerprint density at radius 2 is 2.02 bits per heavy atom. The summed E-state index contributed by atoms with van der Waals surface area (Å²) in [6.45, 7) is 3.87. The summed E-state index contributed by atoms with van der Waals surface area (Å²) >= 11 is 11.0. The number of carbonyl (C=O) groups is 1. The van der Waals surface area contributed by atoms with E-state index in [2.05, 4.69) is 15.9 Å². The number of ether oxygens (including phenoxy) is 2. The average Bonchev–Trinajstić information content (AvgIpc) is 3.56. The van der Waals surface area contributed by atoms with E-state index < -0.39 is 16.9 Å². The van der Waals surface area contributed by atoms with Gasteiger partial charge in [0.1, 0.15) is 23.3 Å². The quantitative estimate of drug-likeness (QED) is 0.117. The van der Waals surface area contributed by atoms with Crippen molar-refractivity contribution in [1.82, 2.24) is 4.57 Å². The van der Waals surface area contributed by atoms with Gasteiger partial charge in [-0.15, -0.1) is 0 Å². The molecule has 10 nitrogen and oxygen atoms in total. The Morgan fingerprint density at radius 1 is 1.23 bits per heavy atom. The number of hydrogen-bond donors (Lipinski definition) is 0. The van der Waals surface area contributed by atoms with Crippen LogP contribution >= 0.6 is 38.9 Å². The Balaban J connectivity index is 1.68. The molecule has 222 valence electrons. The van der Waals surface area contributed by atoms with E-state index in [0.29, 0.717) is 49.8 Å². The maximum absolute atomic E-state index is 14.0. The monoisotopic (exact) mass is 685 g/mol. The average molecular weight is 687 g/mol. The number of nitro groups is 1. The maximum atomic E-state index is 14.0. The topological polar surface area (TPSA) is 126 Å². The normalized spacial score (nSPS) is 14.8. The van der Waals surface area contributed by atoms with E-state index in [4.69, 9.17) is 30.5 Å². The minimum atomic E-state index is -0.850. The van der Waals surface area contributed by atoms with Crippen molar-refractivity contribution in [2.75, 3.05) is 13.7 Å². The number of halogens is 2. The molecule has 0 saturated carbocycles. The molecule has 0 aliphatic carbocycles. The number of methoxy groups -OCH3 is 1. The fourth-order valence-electron chi connectivity index (χ4n) is 4.86. The Kier molecular flexibility index (Phi) is 9.00. The first kappa shape index (κ1) is 30.5. The number of rotatable bonds is 9. The first-order valence-electron chi connectivity index (χ1n) is 13.3. The number of thiazole rings is 1. The number of nitro benzene ring substituents is 1. The van der Waals surface area contributed by atoms with Crippen LogP contribution in [0, 0.1) is 10.1 Å². The summed E-state index contributed by atoms with van der Waals surface area (Å²) in [6, 6.07) is 12.0. The van der Waals surface area contributed by atoms with Crippen molar-refractivity contribution in [1.29, 1.82) is 0 Å². The van der Waals surface area contributed by atoms with Crippen molar-refractivity contribution in [3.63, 3.8) is 0 Å². The van der Waals surface area contributed by atoms with Crippen molar-refractivity contribution in [3.05, 3.63) is 110 Å². The highest BCUT2D eigenvalue weighted by atomic mass is 79.9. The van der Waals surface area contributed by atoms with Crippen molar-refractivity contribution in [3.8, 4) is 17.1 Å². The minimum Gasteiger partial charge on any atom is -0.496 e. The fraction of sp³-hybridized carbons (Fsp3) is 0.233. The second-order valence-electron chi connectivity index (χ2n) is 9.42. The minimum absolute atomic E-state index is 0.136. The molecule has 0 N–H and O–H groups in total. The van der Waals surface area contributed by atoms with Gasteiger partial charge in [-0.3, -0.25) is 19.5 Å². The summed E-state index contributed by atoms with van der Waals surface area (Å²) in [5.74, 6) is 0.694. The third-order valence-electron chi connectivity index (χ3n) is 6.71. The Labute approximate surface area is 262 Å². The molecule has 3 heterocycles. The molecule has 0 bridgehead atoms. The van der Waals surface area contributed by atoms with Gasteiger partial charge in [0, 0.05) is 33.8 Å². The van der Waals surface area contributed by atoms with Gasteiger partial charge in [-0.2, -0.15) is 0 Å². The molecule has 5 rings (SSSR count). The number of furan rings is 1. The number of carbonyl (C=O) groups excluding carboxylic acids is 1. The van der Waals surface area contributed by atoms with Gasteiger partial charge in [0.05, 0.1) is 39.5 Å². The van der Waals surface area contributed by atoms with Crippen molar-refractivity contribution in [2.45, 2.75) is 32.7 Å². The van der Waals surface area contributed by atoms with Crippen molar-refractivity contribution < 1.29 is 23.6 Å². The highest BCUT2D eigenvalue weighted by molar-refractivity contribution is 9.10. The third kappa shape index (κ3) is 5.95. The predicted octanol–water partition coefficient (Wildman–Crippen LogP) is 6.17. The highest BCUT2D eigenvalue weighted by Crippen LogP contribution is 2.38. The zero-order valence-corrected chi connectivity index (χ0v) is 26.4. The first-order chi connectivity index (χ1) is 20.7. The van der Waals surface area contributed by atoms with Crippen LogP contribution in [0.3, 0.4) is 0 Å². The van der Waals surface area contributed by atoms with Gasteiger partial charge in [0.25, 0.3) is 11.2 Å². The molecule has 0 amide bonds. The second kappa shape index (κ2) is 12.7. The van der Waals surface area contributed by atoms with Crippen LogP contribution in [-0.2, 0) is 9.53 Å². The smallest absolute Gasteiger partial charge is 0.338 e. The SMILES string of the molecule is CCCC1=C(C(=O)OCC)[C@H](c2cc(Br)ccc2OC)n2c(s/c(=C/c3ccc(-c4ccc([N+](=O)[O-])cc4Cl)o3)c2=O)=N1. The summed E-state index contributed by atoms with van der Waals surface area (Å²) in [4.78, 5) is 43.2. The van der Waals surface area contributed by atoms with Crippen LogP contribution in [0.5, 0.6) is 5.75 Å². The molecule has 1 atom stereocenters. The van der Waals surface area contributed by atoms with Gasteiger partial charge in [0.15, 0.2) is 4.80 Å². The lowest BCUT2D eigenvalue weighted by Crippen LogP contribution is -2.40. The lowest BCUT2D eigenvalue weighted by Gasteiger charge is -2.27. The summed E-state index contributed by atoms with van der Waals surface area (Å²) in [5.41, 5.74) is 1.39. The van der Waals surface area contributed by atoms with Crippen LogP contribution < -0.4 is 19.6 Å². The number of allylic oxidation sites excluding steroid dienone is 1. The van der Waals surface area contributed by atoms with Gasteiger partial charge < -0.3 is 13.9 Å². The molecule has 2 aromatic heterocycles. The molecule has 13 heteroatoms. The first-order valence-corrected chi connectivity index (χ1v) is 15.2. The van der Waals surface area contributed by atoms with E-state index in [9.17, 15) is 19.7 Å². The lowest BCUT2D eigenvalue weighted by molar-refractivity contribution is -0.384. The number of fused-ring (bicyclic) bond motifs is 1. The molecule has 2 aromatic carbocycles. The summed E-state index contributed by atoms with van der Waals surface area (Å²) in [7, 11) is 1.53. The van der Waals surface area contributed by atoms with Gasteiger partial charge in [0.2, 0.25) is 0 Å². The maximum Gasteiger partial charge on any atom is 0.338 e. The van der Waals surface area contributed by atoms with Crippen molar-refractivity contribution >= 4 is 56.6 Å². The molecule has 0 saturated heterocycles. The molecule has 0 fully saturated rings. The van der Waals surface area contributed by atoms with Crippen LogP contribution in [0.25, 0.3) is 17.4 Å². The Bertz CT molecular complexity index is 1960. The van der Waals surface area contributed by atoms with Gasteiger partial charge >= 0.3 is 5.97 Å². The molecule has 4 aromatic rings. The molecular weight excluding hydrogens is 662 g/mol. The number of non-ortho nitro benzene ring substituents is 1. The number of aromatic nitrogens is 1. The molecule has 1 aliphatic heterocycles. The summed E-state index contributed by atoms with van der Waals surface area (Å²) in [6.07, 6.45) is 2.82. The Hall–Kier alpha value is -4.00. The number of hydrogen-bond acceptors (Lipinski definition) is 9. The molecule has 1 aliphatic rings. The second-order valence-corrected chi connectivity index (χ2v) is 11.8. The third-order valence-corrected chi connectivity index (χ3v) is 8.50. The molecule has 0 radical (unpaired) electrons. The predicted molar refractivity (Wildman–Crippen MR) is 166 cm³/mol. The molecule has 0 spiro atoms. The van der Waals surface area contributed by atoms with E-state index in [1.807, 2.05) is 19.1 Å². The number of benzene rings is 2. The standard InChI is InChI=1S/C30H25BrClN3O7S/c1-4-6-22-26(29(37)41-5-2)27(20-13-16(31)7-11-23(20)40-3)34-28(36)25(43-30(34)33-22)15-18-9-12-24(42-18)19-10-8-17(35(38)39)14-21(19)32/h7-15,27H,4-6H2,1-3H3/b25-15+/t27-/m0/s1. The van der Waals surface area contributed by atoms with E-state index in [0.717, 1.165) is 10.9 Å². The lowest BCUT2D eigenvalue weighted by atomic mass is 9.93. The Morgan fingerprint density at radius 3 is 2.70 bits per heavy atom. The van der Waals surface area contributed by atoms with E-state index in [1.54, 1.807) is 31.2 Å². The van der Waals surface area contributed by atoms with Crippen LogP contribution in [0.2, 0.25) is 5.02 Å².